The van der Waals surface area contributed by atoms with Crippen LogP contribution in [0.5, 0.6) is 0 Å². The molecule has 1 fully saturated rings. The van der Waals surface area contributed by atoms with Crippen molar-refractivity contribution in [3.8, 4) is 0 Å². The molecule has 0 saturated heterocycles. The van der Waals surface area contributed by atoms with Gasteiger partial charge >= 0.3 is 0 Å². The number of nitrogens with zero attached hydrogens (tertiary/aromatic N) is 2. The number of methoxy groups -OCH3 is 1. The molecule has 1 saturated carbocycles. The largest absolute Gasteiger partial charge is 0.383 e. The molecule has 1 aliphatic rings. The Morgan fingerprint density at radius 3 is 2.76 bits per heavy atom. The third-order valence-corrected chi connectivity index (χ3v) is 4.67. The number of alkyl halides is 1. The van der Waals surface area contributed by atoms with Gasteiger partial charge in [-0.25, -0.2) is 0 Å². The van der Waals surface area contributed by atoms with Crippen LogP contribution in [0.15, 0.2) is 18.2 Å². The van der Waals surface area contributed by atoms with Crippen LogP contribution in [0.2, 0.25) is 0 Å². The zero-order valence-electron chi connectivity index (χ0n) is 12.4. The van der Waals surface area contributed by atoms with E-state index >= 15 is 0 Å². The summed E-state index contributed by atoms with van der Waals surface area (Å²) in [5, 5.41) is 11.5. The van der Waals surface area contributed by atoms with Crippen LogP contribution in [0.3, 0.4) is 0 Å². The van der Waals surface area contributed by atoms with Gasteiger partial charge in [-0.2, -0.15) is 0 Å². The van der Waals surface area contributed by atoms with E-state index < -0.39 is 0 Å². The average Bonchev–Trinajstić information content (AvgIpc) is 3.31. The lowest BCUT2D eigenvalue weighted by Crippen LogP contribution is -2.37. The summed E-state index contributed by atoms with van der Waals surface area (Å²) in [6, 6.07) is 5.80. The van der Waals surface area contributed by atoms with Gasteiger partial charge in [0, 0.05) is 42.3 Å². The predicted molar refractivity (Wildman–Crippen MR) is 87.1 cm³/mol. The van der Waals surface area contributed by atoms with Gasteiger partial charge in [-0.05, 0) is 37.8 Å². The normalized spacial score (nSPS) is 15.8. The lowest BCUT2D eigenvalue weighted by molar-refractivity contribution is -0.385. The molecule has 0 heterocycles. The number of rotatable bonds is 8. The minimum Gasteiger partial charge on any atom is -0.383 e. The highest BCUT2D eigenvalue weighted by Gasteiger charge is 2.32. The van der Waals surface area contributed by atoms with Crippen molar-refractivity contribution in [2.75, 3.05) is 25.2 Å². The molecule has 0 amide bonds. The second kappa shape index (κ2) is 7.22. The van der Waals surface area contributed by atoms with E-state index in [4.69, 9.17) is 4.74 Å². The van der Waals surface area contributed by atoms with Crippen molar-refractivity contribution in [3.05, 3.63) is 33.9 Å². The zero-order valence-corrected chi connectivity index (χ0v) is 14.0. The van der Waals surface area contributed by atoms with Gasteiger partial charge in [0.2, 0.25) is 0 Å². The summed E-state index contributed by atoms with van der Waals surface area (Å²) in [6.45, 7) is 3.67. The van der Waals surface area contributed by atoms with Crippen LogP contribution >= 0.6 is 15.9 Å². The summed E-state index contributed by atoms with van der Waals surface area (Å²) in [4.78, 5) is 13.0. The molecule has 0 aliphatic heterocycles. The van der Waals surface area contributed by atoms with Crippen LogP contribution in [0, 0.1) is 16.0 Å². The SMILES string of the molecule is COCCN(c1ccc([N+](=O)[O-])c(CBr)c1)C(C)C1CC1. The topological polar surface area (TPSA) is 55.6 Å². The summed E-state index contributed by atoms with van der Waals surface area (Å²) in [7, 11) is 1.69. The molecule has 1 aromatic rings. The minimum absolute atomic E-state index is 0.168. The van der Waals surface area contributed by atoms with Gasteiger partial charge in [-0.1, -0.05) is 15.9 Å². The van der Waals surface area contributed by atoms with Gasteiger partial charge in [-0.15, -0.1) is 0 Å². The summed E-state index contributed by atoms with van der Waals surface area (Å²) < 4.78 is 5.20. The monoisotopic (exact) mass is 356 g/mol. The van der Waals surface area contributed by atoms with Crippen LogP contribution in [-0.4, -0.2) is 31.2 Å². The fourth-order valence-corrected chi connectivity index (χ4v) is 3.08. The van der Waals surface area contributed by atoms with Crippen molar-refractivity contribution >= 4 is 27.3 Å². The Morgan fingerprint density at radius 2 is 2.24 bits per heavy atom. The molecular weight excluding hydrogens is 336 g/mol. The molecule has 2 rings (SSSR count). The third kappa shape index (κ3) is 3.95. The number of halogens is 1. The first-order valence-corrected chi connectivity index (χ1v) is 8.29. The first-order chi connectivity index (χ1) is 10.1. The molecule has 0 N–H and O–H groups in total. The molecular formula is C15H21BrN2O3. The summed E-state index contributed by atoms with van der Waals surface area (Å²) in [6.07, 6.45) is 2.53. The van der Waals surface area contributed by atoms with Crippen molar-refractivity contribution < 1.29 is 9.66 Å². The minimum atomic E-state index is -0.329. The highest BCUT2D eigenvalue weighted by atomic mass is 79.9. The molecule has 116 valence electrons. The number of hydrogen-bond donors (Lipinski definition) is 0. The summed E-state index contributed by atoms with van der Waals surface area (Å²) in [5.74, 6) is 0.726. The molecule has 5 nitrogen and oxygen atoms in total. The second-order valence-corrected chi connectivity index (χ2v) is 6.03. The number of nitro benzene ring substituents is 1. The second-order valence-electron chi connectivity index (χ2n) is 5.47. The Kier molecular flexibility index (Phi) is 5.58. The van der Waals surface area contributed by atoms with Crippen LogP contribution in [0.1, 0.15) is 25.3 Å². The maximum absolute atomic E-state index is 11.0. The third-order valence-electron chi connectivity index (χ3n) is 4.07. The smallest absolute Gasteiger partial charge is 0.273 e. The molecule has 6 heteroatoms. The molecule has 1 aliphatic carbocycles. The van der Waals surface area contributed by atoms with Gasteiger partial charge in [0.05, 0.1) is 11.5 Å². The number of hydrogen-bond acceptors (Lipinski definition) is 4. The Balaban J connectivity index is 2.27. The molecule has 21 heavy (non-hydrogen) atoms. The highest BCUT2D eigenvalue weighted by molar-refractivity contribution is 9.08. The van der Waals surface area contributed by atoms with Gasteiger partial charge in [-0.3, -0.25) is 10.1 Å². The number of anilines is 1. The van der Waals surface area contributed by atoms with E-state index in [9.17, 15) is 10.1 Å². The standard InChI is InChI=1S/C15H21BrN2O3/c1-11(12-3-4-12)17(7-8-21-2)14-5-6-15(18(19)20)13(9-14)10-16/h5-6,9,11-12H,3-4,7-8,10H2,1-2H3. The van der Waals surface area contributed by atoms with E-state index in [-0.39, 0.29) is 10.6 Å². The lowest BCUT2D eigenvalue weighted by Gasteiger charge is -2.31. The molecule has 0 spiro atoms. The number of ether oxygens (including phenoxy) is 1. The fraction of sp³-hybridized carbons (Fsp3) is 0.600. The molecule has 0 radical (unpaired) electrons. The predicted octanol–water partition coefficient (Wildman–Crippen LogP) is 3.74. The van der Waals surface area contributed by atoms with Crippen molar-refractivity contribution in [1.82, 2.24) is 0 Å². The first-order valence-electron chi connectivity index (χ1n) is 7.17. The molecule has 0 aromatic heterocycles. The summed E-state index contributed by atoms with van der Waals surface area (Å²) in [5.41, 5.74) is 1.91. The Morgan fingerprint density at radius 1 is 1.52 bits per heavy atom. The van der Waals surface area contributed by atoms with Crippen molar-refractivity contribution in [3.63, 3.8) is 0 Å². The molecule has 1 atom stereocenters. The quantitative estimate of drug-likeness (QED) is 0.404. The maximum Gasteiger partial charge on any atom is 0.273 e. The summed E-state index contributed by atoms with van der Waals surface area (Å²) >= 11 is 3.34. The van der Waals surface area contributed by atoms with E-state index in [0.717, 1.165) is 18.2 Å². The van der Waals surface area contributed by atoms with Crippen LogP contribution in [-0.2, 0) is 10.1 Å². The molecule has 1 unspecified atom stereocenters. The maximum atomic E-state index is 11.0. The van der Waals surface area contributed by atoms with E-state index in [0.29, 0.717) is 23.5 Å². The van der Waals surface area contributed by atoms with Crippen molar-refractivity contribution in [1.29, 1.82) is 0 Å². The molecule has 1 aromatic carbocycles. The van der Waals surface area contributed by atoms with E-state index in [1.807, 2.05) is 12.1 Å². The van der Waals surface area contributed by atoms with Crippen LogP contribution < -0.4 is 4.90 Å². The van der Waals surface area contributed by atoms with E-state index in [1.165, 1.54) is 12.8 Å². The van der Waals surface area contributed by atoms with Gasteiger partial charge in [0.15, 0.2) is 0 Å². The van der Waals surface area contributed by atoms with Crippen molar-refractivity contribution in [2.45, 2.75) is 31.1 Å². The fourth-order valence-electron chi connectivity index (χ4n) is 2.63. The average molecular weight is 357 g/mol. The van der Waals surface area contributed by atoms with Gasteiger partial charge in [0.25, 0.3) is 5.69 Å². The first kappa shape index (κ1) is 16.2. The van der Waals surface area contributed by atoms with E-state index in [2.05, 4.69) is 27.8 Å². The van der Waals surface area contributed by atoms with Crippen molar-refractivity contribution in [2.24, 2.45) is 5.92 Å². The van der Waals surface area contributed by atoms with E-state index in [1.54, 1.807) is 13.2 Å². The number of benzene rings is 1. The Bertz CT molecular complexity index is 506. The molecule has 0 bridgehead atoms. The zero-order chi connectivity index (χ0) is 15.4. The van der Waals surface area contributed by atoms with Gasteiger partial charge in [0.1, 0.15) is 0 Å². The van der Waals surface area contributed by atoms with Gasteiger partial charge < -0.3 is 9.64 Å². The number of nitro groups is 1. The lowest BCUT2D eigenvalue weighted by atomic mass is 10.1. The Labute approximate surface area is 133 Å². The Hall–Kier alpha value is -1.14. The van der Waals surface area contributed by atoms with Crippen LogP contribution in [0.4, 0.5) is 11.4 Å². The highest BCUT2D eigenvalue weighted by Crippen LogP contribution is 2.37. The van der Waals surface area contributed by atoms with Crippen LogP contribution in [0.25, 0.3) is 0 Å².